The Morgan fingerprint density at radius 1 is 1.06 bits per heavy atom. The molecular formula is C14H18NO+. The second-order valence-electron chi connectivity index (χ2n) is 4.04. The molecule has 2 aromatic rings. The largest absolute Gasteiger partial charge is 0.469 e. The molecule has 0 radical (unpaired) electrons. The molecule has 0 amide bonds. The first-order valence-electron chi connectivity index (χ1n) is 5.76. The van der Waals surface area contributed by atoms with Crippen LogP contribution in [0.1, 0.15) is 23.7 Å². The van der Waals surface area contributed by atoms with Gasteiger partial charge in [-0.2, -0.15) is 0 Å². The number of rotatable bonds is 5. The predicted molar refractivity (Wildman–Crippen MR) is 64.0 cm³/mol. The molecule has 1 atom stereocenters. The molecule has 3 N–H and O–H groups in total. The highest BCUT2D eigenvalue weighted by Gasteiger charge is 2.14. The second kappa shape index (κ2) is 5.52. The fraction of sp³-hybridized carbons (Fsp3) is 0.286. The van der Waals surface area contributed by atoms with E-state index in [1.165, 1.54) is 5.56 Å². The maximum Gasteiger partial charge on any atom is 0.107 e. The van der Waals surface area contributed by atoms with Crippen molar-refractivity contribution < 1.29 is 10.2 Å². The van der Waals surface area contributed by atoms with Gasteiger partial charge < -0.3 is 10.2 Å². The van der Waals surface area contributed by atoms with Gasteiger partial charge in [0, 0.05) is 12.3 Å². The van der Waals surface area contributed by atoms with Gasteiger partial charge in [-0.1, -0.05) is 30.3 Å². The minimum atomic E-state index is 0.454. The summed E-state index contributed by atoms with van der Waals surface area (Å²) in [5.74, 6) is 1.53. The molecule has 0 bridgehead atoms. The van der Waals surface area contributed by atoms with Crippen molar-refractivity contribution in [3.63, 3.8) is 0 Å². The summed E-state index contributed by atoms with van der Waals surface area (Å²) >= 11 is 0. The maximum atomic E-state index is 5.49. The van der Waals surface area contributed by atoms with E-state index in [2.05, 4.69) is 36.1 Å². The molecule has 84 valence electrons. The van der Waals surface area contributed by atoms with Crippen LogP contribution < -0.4 is 5.73 Å². The zero-order valence-corrected chi connectivity index (χ0v) is 9.43. The molecule has 1 heterocycles. The molecular weight excluding hydrogens is 198 g/mol. The van der Waals surface area contributed by atoms with E-state index in [-0.39, 0.29) is 0 Å². The van der Waals surface area contributed by atoms with Crippen LogP contribution in [0.25, 0.3) is 0 Å². The Bertz CT molecular complexity index is 394. The van der Waals surface area contributed by atoms with Gasteiger partial charge in [0.1, 0.15) is 5.76 Å². The van der Waals surface area contributed by atoms with Crippen LogP contribution in [0.2, 0.25) is 0 Å². The number of hydrogen-bond donors (Lipinski definition) is 1. The maximum absolute atomic E-state index is 5.49. The number of furan rings is 1. The van der Waals surface area contributed by atoms with Crippen LogP contribution in [-0.4, -0.2) is 6.54 Å². The van der Waals surface area contributed by atoms with Crippen LogP contribution in [0, 0.1) is 0 Å². The fourth-order valence-electron chi connectivity index (χ4n) is 2.01. The van der Waals surface area contributed by atoms with Gasteiger partial charge >= 0.3 is 0 Å². The Balaban J connectivity index is 2.09. The Labute approximate surface area is 96.1 Å². The third-order valence-electron chi connectivity index (χ3n) is 2.82. The van der Waals surface area contributed by atoms with Crippen molar-refractivity contribution in [1.82, 2.24) is 0 Å². The number of benzene rings is 1. The lowest BCUT2D eigenvalue weighted by Gasteiger charge is -2.12. The molecule has 0 spiro atoms. The van der Waals surface area contributed by atoms with Gasteiger partial charge in [0.2, 0.25) is 0 Å². The summed E-state index contributed by atoms with van der Waals surface area (Å²) in [4.78, 5) is 0. The third kappa shape index (κ3) is 2.74. The molecule has 2 nitrogen and oxygen atoms in total. The van der Waals surface area contributed by atoms with Crippen molar-refractivity contribution >= 4 is 0 Å². The SMILES string of the molecule is [NH3+]CC[C@@H](Cc1ccccc1)c1ccco1. The fourth-order valence-corrected chi connectivity index (χ4v) is 2.01. The normalized spacial score (nSPS) is 12.6. The molecule has 0 fully saturated rings. The summed E-state index contributed by atoms with van der Waals surface area (Å²) in [5.41, 5.74) is 5.29. The van der Waals surface area contributed by atoms with E-state index < -0.39 is 0 Å². The lowest BCUT2D eigenvalue weighted by Crippen LogP contribution is -2.50. The Morgan fingerprint density at radius 2 is 1.88 bits per heavy atom. The molecule has 1 aromatic carbocycles. The van der Waals surface area contributed by atoms with E-state index in [1.54, 1.807) is 6.26 Å². The van der Waals surface area contributed by atoms with Crippen molar-refractivity contribution in [2.24, 2.45) is 0 Å². The number of quaternary nitrogens is 1. The summed E-state index contributed by atoms with van der Waals surface area (Å²) in [6.07, 6.45) is 3.85. The summed E-state index contributed by atoms with van der Waals surface area (Å²) in [6.45, 7) is 0.943. The van der Waals surface area contributed by atoms with Crippen LogP contribution in [0.5, 0.6) is 0 Å². The average Bonchev–Trinajstić information content (AvgIpc) is 2.83. The standard InChI is InChI=1S/C14H17NO/c15-9-8-13(14-7-4-10-16-14)11-12-5-2-1-3-6-12/h1-7,10,13H,8-9,11,15H2/p+1/t13-/m0/s1. The molecule has 0 saturated heterocycles. The zero-order valence-electron chi connectivity index (χ0n) is 9.43. The van der Waals surface area contributed by atoms with Crippen LogP contribution in [0.4, 0.5) is 0 Å². The van der Waals surface area contributed by atoms with Crippen molar-refractivity contribution in [1.29, 1.82) is 0 Å². The molecule has 0 unspecified atom stereocenters. The summed E-state index contributed by atoms with van der Waals surface area (Å²) in [7, 11) is 0. The molecule has 0 saturated carbocycles. The molecule has 16 heavy (non-hydrogen) atoms. The van der Waals surface area contributed by atoms with Gasteiger partial charge in [-0.25, -0.2) is 0 Å². The smallest absolute Gasteiger partial charge is 0.107 e. The average molecular weight is 216 g/mol. The van der Waals surface area contributed by atoms with E-state index >= 15 is 0 Å². The van der Waals surface area contributed by atoms with Gasteiger partial charge in [-0.15, -0.1) is 0 Å². The van der Waals surface area contributed by atoms with E-state index in [0.29, 0.717) is 5.92 Å². The van der Waals surface area contributed by atoms with E-state index in [4.69, 9.17) is 4.42 Å². The topological polar surface area (TPSA) is 40.8 Å². The van der Waals surface area contributed by atoms with Gasteiger partial charge in [0.25, 0.3) is 0 Å². The van der Waals surface area contributed by atoms with Gasteiger partial charge in [0.05, 0.1) is 12.8 Å². The third-order valence-corrected chi connectivity index (χ3v) is 2.82. The first-order valence-corrected chi connectivity index (χ1v) is 5.76. The summed E-state index contributed by atoms with van der Waals surface area (Å²) < 4.78 is 5.49. The highest BCUT2D eigenvalue weighted by atomic mass is 16.3. The van der Waals surface area contributed by atoms with Crippen molar-refractivity contribution in [3.8, 4) is 0 Å². The van der Waals surface area contributed by atoms with Crippen molar-refractivity contribution in [2.45, 2.75) is 18.8 Å². The van der Waals surface area contributed by atoms with Gasteiger partial charge in [0.15, 0.2) is 0 Å². The minimum absolute atomic E-state index is 0.454. The monoisotopic (exact) mass is 216 g/mol. The van der Waals surface area contributed by atoms with Crippen molar-refractivity contribution in [2.75, 3.05) is 6.54 Å². The lowest BCUT2D eigenvalue weighted by molar-refractivity contribution is -0.369. The molecule has 2 heteroatoms. The first kappa shape index (κ1) is 11.0. The van der Waals surface area contributed by atoms with Gasteiger partial charge in [-0.3, -0.25) is 0 Å². The Hall–Kier alpha value is -1.54. The zero-order chi connectivity index (χ0) is 11.2. The van der Waals surface area contributed by atoms with Crippen LogP contribution in [0.3, 0.4) is 0 Å². The molecule has 0 aliphatic rings. The van der Waals surface area contributed by atoms with Crippen LogP contribution >= 0.6 is 0 Å². The molecule has 2 rings (SSSR count). The molecule has 1 aromatic heterocycles. The second-order valence-corrected chi connectivity index (χ2v) is 4.04. The summed E-state index contributed by atoms with van der Waals surface area (Å²) in [5, 5.41) is 0. The highest BCUT2D eigenvalue weighted by Crippen LogP contribution is 2.23. The first-order chi connectivity index (χ1) is 7.90. The predicted octanol–water partition coefficient (Wildman–Crippen LogP) is 2.24. The van der Waals surface area contributed by atoms with Crippen LogP contribution in [-0.2, 0) is 6.42 Å². The van der Waals surface area contributed by atoms with Crippen molar-refractivity contribution in [3.05, 3.63) is 60.1 Å². The number of hydrogen-bond acceptors (Lipinski definition) is 1. The summed E-state index contributed by atoms with van der Waals surface area (Å²) in [6, 6.07) is 14.6. The van der Waals surface area contributed by atoms with E-state index in [0.717, 1.165) is 25.1 Å². The Morgan fingerprint density at radius 3 is 2.50 bits per heavy atom. The Kier molecular flexibility index (Phi) is 3.78. The lowest BCUT2D eigenvalue weighted by atomic mass is 9.94. The highest BCUT2D eigenvalue weighted by molar-refractivity contribution is 5.18. The van der Waals surface area contributed by atoms with E-state index in [9.17, 15) is 0 Å². The van der Waals surface area contributed by atoms with E-state index in [1.807, 2.05) is 12.1 Å². The van der Waals surface area contributed by atoms with Crippen LogP contribution in [0.15, 0.2) is 53.1 Å². The quantitative estimate of drug-likeness (QED) is 0.818. The molecule has 0 aliphatic carbocycles. The van der Waals surface area contributed by atoms with Gasteiger partial charge in [-0.05, 0) is 24.1 Å². The molecule has 0 aliphatic heterocycles. The minimum Gasteiger partial charge on any atom is -0.469 e.